The predicted molar refractivity (Wildman–Crippen MR) is 93.0 cm³/mol. The van der Waals surface area contributed by atoms with Crippen molar-refractivity contribution in [3.63, 3.8) is 0 Å². The van der Waals surface area contributed by atoms with Gasteiger partial charge < -0.3 is 5.84 Å². The fourth-order valence-electron chi connectivity index (χ4n) is 1.99. The molecule has 0 fully saturated rings. The van der Waals surface area contributed by atoms with E-state index in [4.69, 9.17) is 17.4 Å². The molecule has 5 nitrogen and oxygen atoms in total. The van der Waals surface area contributed by atoms with Crippen LogP contribution in [-0.4, -0.2) is 26.1 Å². The van der Waals surface area contributed by atoms with E-state index in [9.17, 15) is 0 Å². The van der Waals surface area contributed by atoms with Crippen molar-refractivity contribution >= 4 is 46.0 Å². The summed E-state index contributed by atoms with van der Waals surface area (Å²) in [6.07, 6.45) is 2.04. The lowest BCUT2D eigenvalue weighted by Gasteiger charge is -2.07. The van der Waals surface area contributed by atoms with Gasteiger partial charge >= 0.3 is 0 Å². The van der Waals surface area contributed by atoms with Crippen molar-refractivity contribution in [2.75, 3.05) is 12.1 Å². The zero-order chi connectivity index (χ0) is 15.7. The van der Waals surface area contributed by atoms with Crippen molar-refractivity contribution in [1.82, 2.24) is 19.9 Å². The van der Waals surface area contributed by atoms with Gasteiger partial charge in [0.2, 0.25) is 5.16 Å². The molecule has 0 bridgehead atoms. The number of thioether (sulfide) groups is 2. The van der Waals surface area contributed by atoms with Gasteiger partial charge in [-0.25, -0.2) is 9.66 Å². The predicted octanol–water partition coefficient (Wildman–Crippen LogP) is 3.52. The second-order valence-corrected chi connectivity index (χ2v) is 6.87. The highest BCUT2D eigenvalue weighted by molar-refractivity contribution is 7.98. The zero-order valence-electron chi connectivity index (χ0n) is 12.1. The van der Waals surface area contributed by atoms with Crippen LogP contribution in [0.2, 0.25) is 5.15 Å². The fourth-order valence-corrected chi connectivity index (χ4v) is 3.59. The number of nitrogen functional groups attached to an aromatic ring is 1. The number of aryl methyl sites for hydroxylation is 1. The topological polar surface area (TPSA) is 69.6 Å². The molecule has 2 heterocycles. The molecule has 2 N–H and O–H groups in total. The van der Waals surface area contributed by atoms with E-state index in [2.05, 4.69) is 33.4 Å². The quantitative estimate of drug-likeness (QED) is 0.440. The molecule has 3 aromatic rings. The number of hydrogen-bond donors (Lipinski definition) is 1. The molecule has 2 aromatic heterocycles. The first-order chi connectivity index (χ1) is 10.6. The normalized spacial score (nSPS) is 11.2. The number of nitrogens with two attached hydrogens (primary N) is 1. The fraction of sp³-hybridized carbons (Fsp3) is 0.214. The van der Waals surface area contributed by atoms with E-state index < -0.39 is 0 Å². The first-order valence-corrected chi connectivity index (χ1v) is 9.10. The third-order valence-corrected chi connectivity index (χ3v) is 5.29. The molecule has 0 aliphatic heterocycles. The van der Waals surface area contributed by atoms with E-state index >= 15 is 0 Å². The van der Waals surface area contributed by atoms with E-state index in [1.165, 1.54) is 21.3 Å². The number of halogens is 1. The molecular weight excluding hydrogens is 338 g/mol. The Balaban J connectivity index is 1.87. The van der Waals surface area contributed by atoms with Crippen molar-refractivity contribution in [3.8, 4) is 0 Å². The van der Waals surface area contributed by atoms with Crippen molar-refractivity contribution in [3.05, 3.63) is 40.8 Å². The molecule has 22 heavy (non-hydrogen) atoms. The van der Waals surface area contributed by atoms with Gasteiger partial charge in [0.1, 0.15) is 11.0 Å². The van der Waals surface area contributed by atoms with Crippen LogP contribution in [0.3, 0.4) is 0 Å². The van der Waals surface area contributed by atoms with Gasteiger partial charge in [0, 0.05) is 21.6 Å². The largest absolute Gasteiger partial charge is 0.336 e. The average molecular weight is 352 g/mol. The molecule has 0 spiro atoms. The molecule has 3 rings (SSSR count). The molecule has 0 aliphatic carbocycles. The van der Waals surface area contributed by atoms with Crippen LogP contribution >= 0.6 is 35.1 Å². The van der Waals surface area contributed by atoms with Crippen LogP contribution in [0, 0.1) is 6.92 Å². The maximum atomic E-state index is 6.30. The molecule has 0 aliphatic rings. The Bertz CT molecular complexity index is 833. The highest BCUT2D eigenvalue weighted by Crippen LogP contribution is 2.28. The third kappa shape index (κ3) is 3.02. The second kappa shape index (κ2) is 6.36. The highest BCUT2D eigenvalue weighted by atomic mass is 35.5. The van der Waals surface area contributed by atoms with Crippen LogP contribution in [0.5, 0.6) is 0 Å². The Morgan fingerprint density at radius 3 is 2.77 bits per heavy atom. The van der Waals surface area contributed by atoms with Gasteiger partial charge in [0.15, 0.2) is 0 Å². The SMILES string of the molecule is CSc1ccc2cc(CSc3nnc(C)n3N)c(Cl)nc2c1. The minimum absolute atomic E-state index is 0.512. The zero-order valence-corrected chi connectivity index (χ0v) is 14.5. The number of rotatable bonds is 4. The number of hydrogen-bond acceptors (Lipinski definition) is 6. The van der Waals surface area contributed by atoms with Gasteiger partial charge in [-0.3, -0.25) is 0 Å². The average Bonchev–Trinajstić information content (AvgIpc) is 2.84. The first kappa shape index (κ1) is 15.5. The minimum atomic E-state index is 0.512. The van der Waals surface area contributed by atoms with E-state index in [0.29, 0.717) is 21.9 Å². The van der Waals surface area contributed by atoms with E-state index in [-0.39, 0.29) is 0 Å². The summed E-state index contributed by atoms with van der Waals surface area (Å²) in [6.45, 7) is 1.81. The molecule has 114 valence electrons. The van der Waals surface area contributed by atoms with Crippen molar-refractivity contribution in [2.45, 2.75) is 22.7 Å². The van der Waals surface area contributed by atoms with Gasteiger partial charge in [-0.05, 0) is 31.4 Å². The van der Waals surface area contributed by atoms with E-state index in [0.717, 1.165) is 16.5 Å². The molecule has 8 heteroatoms. The molecular formula is C14H14ClN5S2. The number of pyridine rings is 1. The summed E-state index contributed by atoms with van der Waals surface area (Å²) < 4.78 is 1.47. The Hall–Kier alpha value is -1.44. The molecule has 0 amide bonds. The van der Waals surface area contributed by atoms with Gasteiger partial charge in [0.25, 0.3) is 0 Å². The minimum Gasteiger partial charge on any atom is -0.336 e. The Kier molecular flexibility index (Phi) is 4.46. The van der Waals surface area contributed by atoms with Crippen molar-refractivity contribution < 1.29 is 0 Å². The lowest BCUT2D eigenvalue weighted by molar-refractivity contribution is 0.825. The number of fused-ring (bicyclic) bond motifs is 1. The highest BCUT2D eigenvalue weighted by Gasteiger charge is 2.10. The maximum Gasteiger partial charge on any atom is 0.210 e. The lowest BCUT2D eigenvalue weighted by Crippen LogP contribution is -2.11. The van der Waals surface area contributed by atoms with Crippen LogP contribution in [-0.2, 0) is 5.75 Å². The maximum absolute atomic E-state index is 6.30. The van der Waals surface area contributed by atoms with Crippen LogP contribution in [0.25, 0.3) is 10.9 Å². The summed E-state index contributed by atoms with van der Waals surface area (Å²) in [6, 6.07) is 8.25. The molecule has 0 unspecified atom stereocenters. The number of nitrogens with zero attached hydrogens (tertiary/aromatic N) is 4. The molecule has 1 aromatic carbocycles. The first-order valence-electron chi connectivity index (χ1n) is 6.51. The summed E-state index contributed by atoms with van der Waals surface area (Å²) in [5.41, 5.74) is 1.86. The van der Waals surface area contributed by atoms with Crippen LogP contribution in [0.4, 0.5) is 0 Å². The summed E-state index contributed by atoms with van der Waals surface area (Å²) in [4.78, 5) is 5.66. The third-order valence-electron chi connectivity index (χ3n) is 3.24. The Morgan fingerprint density at radius 2 is 2.09 bits per heavy atom. The summed E-state index contributed by atoms with van der Waals surface area (Å²) in [7, 11) is 0. The molecule has 0 atom stereocenters. The lowest BCUT2D eigenvalue weighted by atomic mass is 10.2. The van der Waals surface area contributed by atoms with E-state index in [1.807, 2.05) is 19.2 Å². The summed E-state index contributed by atoms with van der Waals surface area (Å²) in [5, 5.41) is 10.2. The summed E-state index contributed by atoms with van der Waals surface area (Å²) in [5.74, 6) is 7.16. The van der Waals surface area contributed by atoms with Crippen molar-refractivity contribution in [1.29, 1.82) is 0 Å². The van der Waals surface area contributed by atoms with Crippen LogP contribution < -0.4 is 5.84 Å². The molecule has 0 radical (unpaired) electrons. The number of aromatic nitrogens is 4. The van der Waals surface area contributed by atoms with Crippen LogP contribution in [0.1, 0.15) is 11.4 Å². The van der Waals surface area contributed by atoms with Crippen LogP contribution in [0.15, 0.2) is 34.3 Å². The van der Waals surface area contributed by atoms with Gasteiger partial charge in [0.05, 0.1) is 5.52 Å². The molecule has 0 saturated heterocycles. The smallest absolute Gasteiger partial charge is 0.210 e. The Labute approximate surface area is 141 Å². The Morgan fingerprint density at radius 1 is 1.27 bits per heavy atom. The number of benzene rings is 1. The van der Waals surface area contributed by atoms with E-state index in [1.54, 1.807) is 11.8 Å². The monoisotopic (exact) mass is 351 g/mol. The summed E-state index contributed by atoms with van der Waals surface area (Å²) >= 11 is 9.48. The second-order valence-electron chi connectivity index (χ2n) is 4.69. The van der Waals surface area contributed by atoms with Crippen molar-refractivity contribution in [2.24, 2.45) is 0 Å². The van der Waals surface area contributed by atoms with Gasteiger partial charge in [-0.15, -0.1) is 22.0 Å². The standard InChI is InChI=1S/C14H14ClN5S2/c1-8-18-19-14(20(8)16)22-7-10-5-9-3-4-11(21-2)6-12(9)17-13(10)15/h3-6H,7,16H2,1-2H3. The van der Waals surface area contributed by atoms with Gasteiger partial charge in [-0.1, -0.05) is 29.4 Å². The van der Waals surface area contributed by atoms with Gasteiger partial charge in [-0.2, -0.15) is 0 Å². The molecule has 0 saturated carbocycles.